The SMILES string of the molecule is CCCCCn1c(=O)c2ccccc2n2c(SC(C)C(=O)Nc3ccccc3F)nnc12. The Morgan fingerprint density at radius 2 is 1.88 bits per heavy atom. The van der Waals surface area contributed by atoms with Gasteiger partial charge in [-0.3, -0.25) is 18.6 Å². The standard InChI is InChI=1S/C23H24FN5O2S/c1-3-4-9-14-28-21(31)16-10-5-8-13-19(16)29-22(28)26-27-23(29)32-15(2)20(30)25-18-12-7-6-11-17(18)24/h5-8,10-13,15H,3-4,9,14H2,1-2H3,(H,25,30). The Kier molecular flexibility index (Phi) is 6.55. The van der Waals surface area contributed by atoms with Crippen molar-refractivity contribution in [2.24, 2.45) is 0 Å². The fourth-order valence-electron chi connectivity index (χ4n) is 3.54. The third-order valence-corrected chi connectivity index (χ3v) is 6.29. The molecule has 2 aromatic carbocycles. The van der Waals surface area contributed by atoms with E-state index < -0.39 is 11.1 Å². The summed E-state index contributed by atoms with van der Waals surface area (Å²) in [6.07, 6.45) is 2.91. The van der Waals surface area contributed by atoms with Crippen molar-refractivity contribution >= 4 is 40.0 Å². The molecule has 0 spiro atoms. The lowest BCUT2D eigenvalue weighted by atomic mass is 10.2. The number of carbonyl (C=O) groups is 1. The number of nitrogens with one attached hydrogen (secondary N) is 1. The average molecular weight is 454 g/mol. The monoisotopic (exact) mass is 453 g/mol. The largest absolute Gasteiger partial charge is 0.323 e. The molecule has 0 aliphatic rings. The lowest BCUT2D eigenvalue weighted by molar-refractivity contribution is -0.115. The highest BCUT2D eigenvalue weighted by Crippen LogP contribution is 2.26. The number of carbonyl (C=O) groups excluding carboxylic acids is 1. The Hall–Kier alpha value is -3.20. The molecular weight excluding hydrogens is 429 g/mol. The first-order chi connectivity index (χ1) is 15.5. The number of hydrogen-bond donors (Lipinski definition) is 1. The third kappa shape index (κ3) is 4.25. The molecule has 7 nitrogen and oxygen atoms in total. The van der Waals surface area contributed by atoms with Crippen molar-refractivity contribution in [2.45, 2.75) is 50.1 Å². The minimum absolute atomic E-state index is 0.0986. The molecule has 0 saturated carbocycles. The molecule has 4 rings (SSSR count). The van der Waals surface area contributed by atoms with Crippen LogP contribution in [0.25, 0.3) is 16.7 Å². The summed E-state index contributed by atoms with van der Waals surface area (Å²) in [4.78, 5) is 25.8. The van der Waals surface area contributed by atoms with E-state index in [0.29, 0.717) is 28.4 Å². The molecule has 0 radical (unpaired) electrons. The highest BCUT2D eigenvalue weighted by atomic mass is 32.2. The predicted molar refractivity (Wildman–Crippen MR) is 125 cm³/mol. The smallest absolute Gasteiger partial charge is 0.262 e. The molecule has 1 N–H and O–H groups in total. The molecule has 166 valence electrons. The van der Waals surface area contributed by atoms with E-state index in [2.05, 4.69) is 22.4 Å². The van der Waals surface area contributed by atoms with Crippen LogP contribution in [0.1, 0.15) is 33.1 Å². The third-order valence-electron chi connectivity index (χ3n) is 5.25. The lowest BCUT2D eigenvalue weighted by Crippen LogP contribution is -2.24. The zero-order valence-corrected chi connectivity index (χ0v) is 18.7. The molecule has 9 heteroatoms. The molecule has 0 aliphatic carbocycles. The first-order valence-electron chi connectivity index (χ1n) is 10.6. The molecule has 0 fully saturated rings. The van der Waals surface area contributed by atoms with Crippen LogP contribution in [0.4, 0.5) is 10.1 Å². The number of para-hydroxylation sites is 2. The van der Waals surface area contributed by atoms with Gasteiger partial charge in [-0.2, -0.15) is 0 Å². The van der Waals surface area contributed by atoms with Crippen molar-refractivity contribution in [2.75, 3.05) is 5.32 Å². The zero-order valence-electron chi connectivity index (χ0n) is 17.9. The second-order valence-corrected chi connectivity index (χ2v) is 8.84. The van der Waals surface area contributed by atoms with E-state index in [-0.39, 0.29) is 17.2 Å². The van der Waals surface area contributed by atoms with Gasteiger partial charge in [-0.1, -0.05) is 55.8 Å². The van der Waals surface area contributed by atoms with Crippen LogP contribution in [-0.2, 0) is 11.3 Å². The van der Waals surface area contributed by atoms with Gasteiger partial charge in [0.05, 0.1) is 21.8 Å². The van der Waals surface area contributed by atoms with E-state index in [1.165, 1.54) is 23.9 Å². The second-order valence-electron chi connectivity index (χ2n) is 7.53. The Labute approximate surface area is 188 Å². The number of hydrogen-bond acceptors (Lipinski definition) is 5. The van der Waals surface area contributed by atoms with Gasteiger partial charge >= 0.3 is 0 Å². The number of aryl methyl sites for hydroxylation is 1. The number of thioether (sulfide) groups is 1. The minimum atomic E-state index is -0.568. The summed E-state index contributed by atoms with van der Waals surface area (Å²) in [6, 6.07) is 13.3. The number of anilines is 1. The molecule has 1 amide bonds. The van der Waals surface area contributed by atoms with Gasteiger partial charge in [-0.15, -0.1) is 10.2 Å². The summed E-state index contributed by atoms with van der Waals surface area (Å²) in [5.74, 6) is -0.389. The molecule has 0 aliphatic heterocycles. The van der Waals surface area contributed by atoms with Crippen molar-refractivity contribution in [3.63, 3.8) is 0 Å². The molecular formula is C23H24FN5O2S. The Morgan fingerprint density at radius 3 is 2.66 bits per heavy atom. The highest BCUT2D eigenvalue weighted by Gasteiger charge is 2.22. The van der Waals surface area contributed by atoms with E-state index in [1.54, 1.807) is 29.7 Å². The molecule has 1 unspecified atom stereocenters. The van der Waals surface area contributed by atoms with Gasteiger partial charge in [0.2, 0.25) is 11.7 Å². The maximum Gasteiger partial charge on any atom is 0.262 e. The average Bonchev–Trinajstić information content (AvgIpc) is 3.21. The fraction of sp³-hybridized carbons (Fsp3) is 0.304. The first-order valence-corrected chi connectivity index (χ1v) is 11.5. The van der Waals surface area contributed by atoms with Crippen LogP contribution in [0.5, 0.6) is 0 Å². The van der Waals surface area contributed by atoms with Crippen molar-refractivity contribution in [3.05, 3.63) is 64.7 Å². The number of halogens is 1. The molecule has 2 heterocycles. The first kappa shape index (κ1) is 22.0. The van der Waals surface area contributed by atoms with E-state index >= 15 is 0 Å². The number of fused-ring (bicyclic) bond motifs is 3. The van der Waals surface area contributed by atoms with Gasteiger partial charge in [0, 0.05) is 6.54 Å². The Bertz CT molecular complexity index is 1330. The molecule has 0 saturated heterocycles. The molecule has 1 atom stereocenters. The van der Waals surface area contributed by atoms with Crippen LogP contribution in [0.3, 0.4) is 0 Å². The van der Waals surface area contributed by atoms with Crippen molar-refractivity contribution < 1.29 is 9.18 Å². The summed E-state index contributed by atoms with van der Waals surface area (Å²) >= 11 is 1.21. The number of aromatic nitrogens is 4. The number of nitrogens with zero attached hydrogens (tertiary/aromatic N) is 4. The number of unbranched alkanes of at least 4 members (excludes halogenated alkanes) is 2. The van der Waals surface area contributed by atoms with Crippen molar-refractivity contribution in [1.82, 2.24) is 19.2 Å². The molecule has 32 heavy (non-hydrogen) atoms. The van der Waals surface area contributed by atoms with Crippen molar-refractivity contribution in [1.29, 1.82) is 0 Å². The number of rotatable bonds is 8. The summed E-state index contributed by atoms with van der Waals surface area (Å²) < 4.78 is 17.4. The van der Waals surface area contributed by atoms with Crippen LogP contribution in [0, 0.1) is 5.82 Å². The highest BCUT2D eigenvalue weighted by molar-refractivity contribution is 8.00. The molecule has 4 aromatic rings. The van der Waals surface area contributed by atoms with Crippen LogP contribution in [-0.4, -0.2) is 30.3 Å². The van der Waals surface area contributed by atoms with E-state index in [1.807, 2.05) is 22.6 Å². The fourth-order valence-corrected chi connectivity index (χ4v) is 4.40. The quantitative estimate of drug-likeness (QED) is 0.314. The van der Waals surface area contributed by atoms with Crippen LogP contribution in [0.2, 0.25) is 0 Å². The topological polar surface area (TPSA) is 81.3 Å². The van der Waals surface area contributed by atoms with Gasteiger partial charge in [0.25, 0.3) is 5.56 Å². The van der Waals surface area contributed by atoms with Crippen LogP contribution >= 0.6 is 11.8 Å². The Morgan fingerprint density at radius 1 is 1.12 bits per heavy atom. The maximum atomic E-state index is 13.9. The van der Waals surface area contributed by atoms with Gasteiger partial charge in [-0.05, 0) is 37.6 Å². The molecule has 0 bridgehead atoms. The van der Waals surface area contributed by atoms with Gasteiger partial charge in [-0.25, -0.2) is 4.39 Å². The summed E-state index contributed by atoms with van der Waals surface area (Å²) in [7, 11) is 0. The second kappa shape index (κ2) is 9.52. The van der Waals surface area contributed by atoms with Gasteiger partial charge in [0.15, 0.2) is 5.16 Å². The number of amides is 1. The maximum absolute atomic E-state index is 13.9. The van der Waals surface area contributed by atoms with Crippen LogP contribution in [0.15, 0.2) is 58.5 Å². The van der Waals surface area contributed by atoms with Crippen molar-refractivity contribution in [3.8, 4) is 0 Å². The summed E-state index contributed by atoms with van der Waals surface area (Å²) in [5.41, 5.74) is 0.721. The zero-order chi connectivity index (χ0) is 22.7. The summed E-state index contributed by atoms with van der Waals surface area (Å²) in [5, 5.41) is 11.7. The molecule has 2 aromatic heterocycles. The Balaban J connectivity index is 1.69. The predicted octanol–water partition coefficient (Wildman–Crippen LogP) is 4.49. The number of benzene rings is 2. The lowest BCUT2D eigenvalue weighted by Gasteiger charge is -2.13. The van der Waals surface area contributed by atoms with E-state index in [9.17, 15) is 14.0 Å². The van der Waals surface area contributed by atoms with E-state index in [4.69, 9.17) is 0 Å². The van der Waals surface area contributed by atoms with E-state index in [0.717, 1.165) is 19.3 Å². The minimum Gasteiger partial charge on any atom is -0.323 e. The van der Waals surface area contributed by atoms with Gasteiger partial charge in [0.1, 0.15) is 5.82 Å². The van der Waals surface area contributed by atoms with Gasteiger partial charge < -0.3 is 5.32 Å². The van der Waals surface area contributed by atoms with Crippen LogP contribution < -0.4 is 10.9 Å². The normalized spacial score (nSPS) is 12.3. The summed E-state index contributed by atoms with van der Waals surface area (Å²) in [6.45, 7) is 4.38.